The maximum atomic E-state index is 12.9. The van der Waals surface area contributed by atoms with Gasteiger partial charge >= 0.3 is 12.1 Å². The summed E-state index contributed by atoms with van der Waals surface area (Å²) in [6.45, 7) is 4.42. The Hall–Kier alpha value is -3.35. The van der Waals surface area contributed by atoms with Gasteiger partial charge in [0.15, 0.2) is 0 Å². The molecule has 1 heterocycles. The van der Waals surface area contributed by atoms with E-state index in [-0.39, 0.29) is 30.8 Å². The number of carbonyl (C=O) groups excluding carboxylic acids is 2. The fourth-order valence-electron chi connectivity index (χ4n) is 5.94. The van der Waals surface area contributed by atoms with Crippen LogP contribution in [0.1, 0.15) is 63.0 Å². The number of ether oxygens (including phenoxy) is 1. The third kappa shape index (κ3) is 4.17. The molecule has 2 aromatic carbocycles. The van der Waals surface area contributed by atoms with Gasteiger partial charge in [-0.2, -0.15) is 0 Å². The predicted molar refractivity (Wildman–Crippen MR) is 131 cm³/mol. The van der Waals surface area contributed by atoms with E-state index < -0.39 is 23.1 Å². The van der Waals surface area contributed by atoms with E-state index >= 15 is 0 Å². The second kappa shape index (κ2) is 8.70. The van der Waals surface area contributed by atoms with Crippen molar-refractivity contribution in [3.8, 4) is 11.1 Å². The number of piperidine rings is 1. The lowest BCUT2D eigenvalue weighted by atomic mass is 9.96. The summed E-state index contributed by atoms with van der Waals surface area (Å²) in [5, 5.41) is 12.6. The molecule has 2 atom stereocenters. The highest BCUT2D eigenvalue weighted by Crippen LogP contribution is 2.54. The Morgan fingerprint density at radius 1 is 1.09 bits per heavy atom. The normalized spacial score (nSPS) is 22.6. The van der Waals surface area contributed by atoms with Gasteiger partial charge in [-0.15, -0.1) is 0 Å². The summed E-state index contributed by atoms with van der Waals surface area (Å²) >= 11 is 0. The molecule has 0 aromatic heterocycles. The minimum absolute atomic E-state index is 0.0179. The molecule has 7 heteroatoms. The second-order valence-electron chi connectivity index (χ2n) is 10.7. The van der Waals surface area contributed by atoms with Gasteiger partial charge in [0, 0.05) is 24.4 Å². The molecule has 0 spiro atoms. The third-order valence-electron chi connectivity index (χ3n) is 7.91. The predicted octanol–water partition coefficient (Wildman–Crippen LogP) is 4.55. The number of carboxylic acids is 1. The maximum absolute atomic E-state index is 12.9. The lowest BCUT2D eigenvalue weighted by molar-refractivity contribution is -0.154. The lowest BCUT2D eigenvalue weighted by Crippen LogP contribution is -2.52. The molecule has 2 aliphatic carbocycles. The van der Waals surface area contributed by atoms with Crippen LogP contribution in [0, 0.1) is 5.92 Å². The Morgan fingerprint density at radius 3 is 2.34 bits per heavy atom. The number of alkyl carbamates (subject to hydrolysis) is 1. The molecule has 3 aliphatic rings. The minimum atomic E-state index is -1.00. The average Bonchev–Trinajstić information content (AvgIpc) is 3.52. The van der Waals surface area contributed by atoms with Gasteiger partial charge in [-0.05, 0) is 67.7 Å². The monoisotopic (exact) mass is 476 g/mol. The van der Waals surface area contributed by atoms with Gasteiger partial charge in [-0.1, -0.05) is 48.5 Å². The van der Waals surface area contributed by atoms with E-state index in [2.05, 4.69) is 29.6 Å². The van der Waals surface area contributed by atoms with Crippen molar-refractivity contribution in [3.05, 3.63) is 59.7 Å². The first-order valence-electron chi connectivity index (χ1n) is 12.4. The quantitative estimate of drug-likeness (QED) is 0.611. The molecule has 1 aliphatic heterocycles. The molecule has 0 bridgehead atoms. The largest absolute Gasteiger partial charge is 0.479 e. The van der Waals surface area contributed by atoms with E-state index in [1.54, 1.807) is 4.90 Å². The van der Waals surface area contributed by atoms with Crippen molar-refractivity contribution in [1.82, 2.24) is 10.2 Å². The topological polar surface area (TPSA) is 95.9 Å². The molecule has 1 saturated carbocycles. The third-order valence-corrected chi connectivity index (χ3v) is 7.91. The van der Waals surface area contributed by atoms with Crippen LogP contribution in [0.4, 0.5) is 4.79 Å². The number of rotatable bonds is 7. The molecule has 2 amide bonds. The van der Waals surface area contributed by atoms with Gasteiger partial charge in [0.25, 0.3) is 0 Å². The Bertz CT molecular complexity index is 1130. The van der Waals surface area contributed by atoms with Gasteiger partial charge in [0.1, 0.15) is 12.1 Å². The molecule has 2 fully saturated rings. The number of carbonyl (C=O) groups is 3. The van der Waals surface area contributed by atoms with Crippen LogP contribution < -0.4 is 5.32 Å². The average molecular weight is 477 g/mol. The van der Waals surface area contributed by atoms with Gasteiger partial charge < -0.3 is 20.1 Å². The SMILES string of the molecule is CC(C)(CCC(=O)N1CCC[C@H]2C[C@]21C(=O)O)NC(=O)OCC1c2ccccc2-c2ccccc21. The van der Waals surface area contributed by atoms with E-state index in [1.165, 1.54) is 11.1 Å². The van der Waals surface area contributed by atoms with Crippen LogP contribution in [-0.4, -0.2) is 52.2 Å². The summed E-state index contributed by atoms with van der Waals surface area (Å²) in [5.41, 5.74) is 2.97. The second-order valence-corrected chi connectivity index (χ2v) is 10.7. The highest BCUT2D eigenvalue weighted by Gasteiger charge is 2.66. The first kappa shape index (κ1) is 23.4. The van der Waals surface area contributed by atoms with Crippen LogP contribution in [0.15, 0.2) is 48.5 Å². The molecule has 2 N–H and O–H groups in total. The minimum Gasteiger partial charge on any atom is -0.479 e. The molecule has 0 unspecified atom stereocenters. The fraction of sp³-hybridized carbons (Fsp3) is 0.464. The van der Waals surface area contributed by atoms with E-state index in [0.717, 1.165) is 24.0 Å². The summed E-state index contributed by atoms with van der Waals surface area (Å²) < 4.78 is 5.65. The van der Waals surface area contributed by atoms with Crippen molar-refractivity contribution in [3.63, 3.8) is 0 Å². The summed E-state index contributed by atoms with van der Waals surface area (Å²) in [4.78, 5) is 39.0. The highest BCUT2D eigenvalue weighted by molar-refractivity contribution is 5.90. The molecule has 35 heavy (non-hydrogen) atoms. The van der Waals surface area contributed by atoms with Gasteiger partial charge in [-0.25, -0.2) is 9.59 Å². The molecular formula is C28H32N2O5. The van der Waals surface area contributed by atoms with Crippen molar-refractivity contribution >= 4 is 18.0 Å². The van der Waals surface area contributed by atoms with Crippen molar-refractivity contribution in [2.75, 3.05) is 13.2 Å². The van der Waals surface area contributed by atoms with Crippen molar-refractivity contribution in [2.45, 2.75) is 62.9 Å². The van der Waals surface area contributed by atoms with E-state index in [1.807, 2.05) is 38.1 Å². The molecule has 1 saturated heterocycles. The molecule has 5 rings (SSSR count). The summed E-state index contributed by atoms with van der Waals surface area (Å²) in [6, 6.07) is 16.4. The van der Waals surface area contributed by atoms with E-state index in [4.69, 9.17) is 4.74 Å². The first-order chi connectivity index (χ1) is 16.7. The number of benzene rings is 2. The smallest absolute Gasteiger partial charge is 0.407 e. The Morgan fingerprint density at radius 2 is 1.71 bits per heavy atom. The van der Waals surface area contributed by atoms with Crippen LogP contribution in [0.2, 0.25) is 0 Å². The van der Waals surface area contributed by atoms with Crippen molar-refractivity contribution in [2.24, 2.45) is 5.92 Å². The molecule has 2 aromatic rings. The lowest BCUT2D eigenvalue weighted by Gasteiger charge is -2.34. The Kier molecular flexibility index (Phi) is 5.82. The number of fused-ring (bicyclic) bond motifs is 4. The van der Waals surface area contributed by atoms with Crippen LogP contribution in [0.3, 0.4) is 0 Å². The van der Waals surface area contributed by atoms with Crippen molar-refractivity contribution in [1.29, 1.82) is 0 Å². The molecule has 7 nitrogen and oxygen atoms in total. The number of amides is 2. The zero-order valence-electron chi connectivity index (χ0n) is 20.3. The van der Waals surface area contributed by atoms with Gasteiger partial charge in [0.2, 0.25) is 5.91 Å². The number of aliphatic carboxylic acids is 1. The number of likely N-dealkylation sites (tertiary alicyclic amines) is 1. The molecular weight excluding hydrogens is 444 g/mol. The number of hydrogen-bond acceptors (Lipinski definition) is 4. The zero-order chi connectivity index (χ0) is 24.8. The zero-order valence-corrected chi connectivity index (χ0v) is 20.3. The first-order valence-corrected chi connectivity index (χ1v) is 12.4. The summed E-state index contributed by atoms with van der Waals surface area (Å²) in [6.07, 6.45) is 2.31. The van der Waals surface area contributed by atoms with Crippen LogP contribution in [0.5, 0.6) is 0 Å². The number of carboxylic acid groups (broad SMARTS) is 1. The van der Waals surface area contributed by atoms with Crippen LogP contribution >= 0.6 is 0 Å². The van der Waals surface area contributed by atoms with Crippen LogP contribution in [-0.2, 0) is 14.3 Å². The van der Waals surface area contributed by atoms with Gasteiger partial charge in [0.05, 0.1) is 0 Å². The molecule has 184 valence electrons. The number of hydrogen-bond donors (Lipinski definition) is 2. The standard InChI is InChI=1S/C28H32N2O5/c1-27(2,14-13-24(31)30-15-7-8-18-16-28(18,30)25(32)33)29-26(34)35-17-23-21-11-5-3-9-19(21)20-10-4-6-12-22(20)23/h3-6,9-12,18,23H,7-8,13-17H2,1-2H3,(H,29,34)(H,32,33)/t18-,28+/m0/s1. The summed E-state index contributed by atoms with van der Waals surface area (Å²) in [5.74, 6) is -0.996. The van der Waals surface area contributed by atoms with E-state index in [9.17, 15) is 19.5 Å². The highest BCUT2D eigenvalue weighted by atomic mass is 16.5. The number of nitrogens with one attached hydrogen (secondary N) is 1. The van der Waals surface area contributed by atoms with Crippen LogP contribution in [0.25, 0.3) is 11.1 Å². The van der Waals surface area contributed by atoms with Gasteiger partial charge in [-0.3, -0.25) is 4.79 Å². The fourth-order valence-corrected chi connectivity index (χ4v) is 5.94. The summed E-state index contributed by atoms with van der Waals surface area (Å²) in [7, 11) is 0. The van der Waals surface area contributed by atoms with Crippen molar-refractivity contribution < 1.29 is 24.2 Å². The van der Waals surface area contributed by atoms with E-state index in [0.29, 0.717) is 19.4 Å². The number of nitrogens with zero attached hydrogens (tertiary/aromatic N) is 1. The molecule has 0 radical (unpaired) electrons. The Labute approximate surface area is 205 Å². The maximum Gasteiger partial charge on any atom is 0.407 e. The Balaban J connectivity index is 1.16.